The maximum absolute atomic E-state index is 12.0. The third-order valence-electron chi connectivity index (χ3n) is 3.47. The Labute approximate surface area is 136 Å². The van der Waals surface area contributed by atoms with Crippen molar-refractivity contribution in [2.45, 2.75) is 44.9 Å². The van der Waals surface area contributed by atoms with Crippen LogP contribution in [0.4, 0.5) is 5.69 Å². The van der Waals surface area contributed by atoms with Crippen LogP contribution in [0.3, 0.4) is 0 Å². The number of hydrogen-bond donors (Lipinski definition) is 3. The summed E-state index contributed by atoms with van der Waals surface area (Å²) in [7, 11) is -3.41. The molecule has 23 heavy (non-hydrogen) atoms. The summed E-state index contributed by atoms with van der Waals surface area (Å²) >= 11 is 0. The summed E-state index contributed by atoms with van der Waals surface area (Å²) in [5, 5.41) is 1.98. The van der Waals surface area contributed by atoms with Crippen molar-refractivity contribution in [2.75, 3.05) is 4.72 Å². The van der Waals surface area contributed by atoms with Crippen molar-refractivity contribution < 1.29 is 18.0 Å². The SMILES string of the molecule is CC(C)S(=O)(=O)Nc1ccc([C@@H](C)C(=O)N[C@@H](C)C(N)=O)cc1. The van der Waals surface area contributed by atoms with Crippen LogP contribution in [-0.2, 0) is 19.6 Å². The van der Waals surface area contributed by atoms with E-state index in [1.807, 2.05) is 0 Å². The van der Waals surface area contributed by atoms with E-state index in [4.69, 9.17) is 5.73 Å². The Morgan fingerprint density at radius 3 is 2.00 bits per heavy atom. The van der Waals surface area contributed by atoms with E-state index >= 15 is 0 Å². The van der Waals surface area contributed by atoms with Crippen molar-refractivity contribution in [3.8, 4) is 0 Å². The lowest BCUT2D eigenvalue weighted by Crippen LogP contribution is -2.43. The minimum Gasteiger partial charge on any atom is -0.368 e. The van der Waals surface area contributed by atoms with Crippen LogP contribution >= 0.6 is 0 Å². The fourth-order valence-corrected chi connectivity index (χ4v) is 2.38. The predicted octanol–water partition coefficient (Wildman–Crippen LogP) is 0.930. The molecule has 4 N–H and O–H groups in total. The highest BCUT2D eigenvalue weighted by atomic mass is 32.2. The number of hydrogen-bond acceptors (Lipinski definition) is 4. The van der Waals surface area contributed by atoms with Crippen molar-refractivity contribution >= 4 is 27.5 Å². The smallest absolute Gasteiger partial charge is 0.239 e. The lowest BCUT2D eigenvalue weighted by Gasteiger charge is -2.16. The van der Waals surface area contributed by atoms with Gasteiger partial charge in [-0.1, -0.05) is 12.1 Å². The average Bonchev–Trinajstić information content (AvgIpc) is 2.46. The molecule has 7 nitrogen and oxygen atoms in total. The third-order valence-corrected chi connectivity index (χ3v) is 5.23. The Hall–Kier alpha value is -2.09. The van der Waals surface area contributed by atoms with Crippen LogP contribution in [0.25, 0.3) is 0 Å². The highest BCUT2D eigenvalue weighted by Crippen LogP contribution is 2.19. The van der Waals surface area contributed by atoms with Crippen molar-refractivity contribution in [3.63, 3.8) is 0 Å². The van der Waals surface area contributed by atoms with Gasteiger partial charge in [0, 0.05) is 5.69 Å². The number of rotatable bonds is 7. The molecule has 0 bridgehead atoms. The average molecular weight is 341 g/mol. The Morgan fingerprint density at radius 2 is 1.57 bits per heavy atom. The Kier molecular flexibility index (Phi) is 6.14. The maximum atomic E-state index is 12.0. The van der Waals surface area contributed by atoms with E-state index < -0.39 is 33.1 Å². The van der Waals surface area contributed by atoms with Gasteiger partial charge < -0.3 is 11.1 Å². The van der Waals surface area contributed by atoms with E-state index in [9.17, 15) is 18.0 Å². The van der Waals surface area contributed by atoms with Gasteiger partial charge in [-0.25, -0.2) is 8.42 Å². The second-order valence-corrected chi connectivity index (χ2v) is 7.91. The molecule has 8 heteroatoms. The zero-order chi connectivity index (χ0) is 17.8. The fraction of sp³-hybridized carbons (Fsp3) is 0.467. The Morgan fingerprint density at radius 1 is 1.04 bits per heavy atom. The van der Waals surface area contributed by atoms with Gasteiger partial charge in [0.05, 0.1) is 11.2 Å². The highest BCUT2D eigenvalue weighted by molar-refractivity contribution is 7.93. The summed E-state index contributed by atoms with van der Waals surface area (Å²) in [6, 6.07) is 5.77. The minimum atomic E-state index is -3.41. The number of carbonyl (C=O) groups excluding carboxylic acids is 2. The quantitative estimate of drug-likeness (QED) is 0.683. The summed E-state index contributed by atoms with van der Waals surface area (Å²) < 4.78 is 26.1. The van der Waals surface area contributed by atoms with Gasteiger partial charge in [-0.3, -0.25) is 14.3 Å². The molecule has 0 aromatic heterocycles. The first-order valence-corrected chi connectivity index (χ1v) is 8.80. The molecule has 0 fully saturated rings. The van der Waals surface area contributed by atoms with E-state index in [1.54, 1.807) is 45.0 Å². The van der Waals surface area contributed by atoms with Crippen LogP contribution in [0, 0.1) is 0 Å². The van der Waals surface area contributed by atoms with Crippen LogP contribution in [0.15, 0.2) is 24.3 Å². The molecule has 0 heterocycles. The maximum Gasteiger partial charge on any atom is 0.239 e. The second kappa shape index (κ2) is 7.45. The first-order chi connectivity index (χ1) is 10.5. The van der Waals surface area contributed by atoms with E-state index in [-0.39, 0.29) is 5.91 Å². The van der Waals surface area contributed by atoms with Crippen LogP contribution in [0.1, 0.15) is 39.2 Å². The van der Waals surface area contributed by atoms with Crippen LogP contribution in [0.2, 0.25) is 0 Å². The summed E-state index contributed by atoms with van der Waals surface area (Å²) in [5.41, 5.74) is 6.24. The van der Waals surface area contributed by atoms with Crippen LogP contribution in [-0.4, -0.2) is 31.5 Å². The van der Waals surface area contributed by atoms with E-state index in [2.05, 4.69) is 10.0 Å². The van der Waals surface area contributed by atoms with E-state index in [0.29, 0.717) is 11.3 Å². The molecule has 2 amide bonds. The molecule has 0 spiro atoms. The molecule has 0 aliphatic heterocycles. The molecule has 0 aliphatic carbocycles. The van der Waals surface area contributed by atoms with Gasteiger partial charge in [0.1, 0.15) is 6.04 Å². The number of nitrogens with one attached hydrogen (secondary N) is 2. The molecule has 128 valence electrons. The minimum absolute atomic E-state index is 0.327. The van der Waals surface area contributed by atoms with Crippen LogP contribution < -0.4 is 15.8 Å². The molecular formula is C15H23N3O4S. The van der Waals surface area contributed by atoms with E-state index in [0.717, 1.165) is 0 Å². The first kappa shape index (κ1) is 19.0. The molecule has 1 aromatic carbocycles. The number of amides is 2. The molecule has 0 unspecified atom stereocenters. The van der Waals surface area contributed by atoms with Gasteiger partial charge in [-0.2, -0.15) is 0 Å². The van der Waals surface area contributed by atoms with Gasteiger partial charge in [0.15, 0.2) is 0 Å². The normalized spacial score (nSPS) is 14.1. The van der Waals surface area contributed by atoms with Crippen LogP contribution in [0.5, 0.6) is 0 Å². The summed E-state index contributed by atoms with van der Waals surface area (Å²) in [6.07, 6.45) is 0. The second-order valence-electron chi connectivity index (χ2n) is 5.67. The molecular weight excluding hydrogens is 318 g/mol. The van der Waals surface area contributed by atoms with Gasteiger partial charge in [0.25, 0.3) is 0 Å². The Bertz CT molecular complexity index is 668. The molecule has 1 rings (SSSR count). The van der Waals surface area contributed by atoms with Gasteiger partial charge in [-0.15, -0.1) is 0 Å². The summed E-state index contributed by atoms with van der Waals surface area (Å²) in [6.45, 7) is 6.37. The van der Waals surface area contributed by atoms with Crippen molar-refractivity contribution in [1.82, 2.24) is 5.32 Å². The number of carbonyl (C=O) groups is 2. The molecule has 0 aliphatic rings. The predicted molar refractivity (Wildman–Crippen MR) is 89.3 cm³/mol. The number of sulfonamides is 1. The van der Waals surface area contributed by atoms with Gasteiger partial charge in [-0.05, 0) is 45.4 Å². The molecule has 0 saturated heterocycles. The summed E-state index contributed by atoms with van der Waals surface area (Å²) in [5.74, 6) is -1.43. The molecule has 2 atom stereocenters. The number of primary amides is 1. The highest BCUT2D eigenvalue weighted by Gasteiger charge is 2.20. The fourth-order valence-electron chi connectivity index (χ4n) is 1.68. The number of nitrogens with two attached hydrogens (primary N) is 1. The monoisotopic (exact) mass is 341 g/mol. The summed E-state index contributed by atoms with van der Waals surface area (Å²) in [4.78, 5) is 23.0. The number of anilines is 1. The van der Waals surface area contributed by atoms with E-state index in [1.165, 1.54) is 6.92 Å². The topological polar surface area (TPSA) is 118 Å². The largest absolute Gasteiger partial charge is 0.368 e. The first-order valence-electron chi connectivity index (χ1n) is 7.26. The standard InChI is InChI=1S/C15H23N3O4S/c1-9(2)23(21,22)18-13-7-5-12(6-8-13)10(3)15(20)17-11(4)14(16)19/h5-11,18H,1-4H3,(H2,16,19)(H,17,20)/t10-,11+/m1/s1. The van der Waals surface area contributed by atoms with Gasteiger partial charge >= 0.3 is 0 Å². The van der Waals surface area contributed by atoms with Crippen molar-refractivity contribution in [1.29, 1.82) is 0 Å². The van der Waals surface area contributed by atoms with Gasteiger partial charge in [0.2, 0.25) is 21.8 Å². The lowest BCUT2D eigenvalue weighted by molar-refractivity contribution is -0.127. The molecule has 1 aromatic rings. The van der Waals surface area contributed by atoms with Crippen molar-refractivity contribution in [2.24, 2.45) is 5.73 Å². The third kappa shape index (κ3) is 5.24. The molecule has 0 radical (unpaired) electrons. The lowest BCUT2D eigenvalue weighted by atomic mass is 10.00. The zero-order valence-corrected chi connectivity index (χ0v) is 14.5. The number of benzene rings is 1. The molecule has 0 saturated carbocycles. The Balaban J connectivity index is 2.80. The van der Waals surface area contributed by atoms with Crippen molar-refractivity contribution in [3.05, 3.63) is 29.8 Å². The zero-order valence-electron chi connectivity index (χ0n) is 13.7.